The van der Waals surface area contributed by atoms with Gasteiger partial charge in [-0.15, -0.1) is 0 Å². The molecule has 128 valence electrons. The topological polar surface area (TPSA) is 81.8 Å². The number of aromatic nitrogens is 1. The van der Waals surface area contributed by atoms with Gasteiger partial charge in [0.25, 0.3) is 0 Å². The quantitative estimate of drug-likeness (QED) is 0.732. The van der Waals surface area contributed by atoms with E-state index in [1.807, 2.05) is 12.1 Å². The first kappa shape index (κ1) is 15.5. The summed E-state index contributed by atoms with van der Waals surface area (Å²) < 4.78 is 17.1. The second-order valence-electron chi connectivity index (χ2n) is 6.07. The number of carbonyl (C=O) groups is 1. The Bertz CT molecular complexity index is 942. The zero-order valence-electron chi connectivity index (χ0n) is 13.7. The summed E-state index contributed by atoms with van der Waals surface area (Å²) >= 11 is 0. The summed E-state index contributed by atoms with van der Waals surface area (Å²) in [4.78, 5) is 15.7. The first-order valence-corrected chi connectivity index (χ1v) is 8.11. The first-order valence-electron chi connectivity index (χ1n) is 8.11. The van der Waals surface area contributed by atoms with Crippen LogP contribution in [-0.2, 0) is 6.61 Å². The number of hydrogen-bond donors (Lipinski definition) is 1. The minimum Gasteiger partial charge on any atom is -0.489 e. The molecule has 0 amide bonds. The smallest absolute Gasteiger partial charge is 0.339 e. The van der Waals surface area contributed by atoms with E-state index in [0.717, 1.165) is 18.4 Å². The maximum Gasteiger partial charge on any atom is 0.339 e. The van der Waals surface area contributed by atoms with Crippen LogP contribution in [0, 0.1) is 6.92 Å². The van der Waals surface area contributed by atoms with Crippen LogP contribution < -0.4 is 9.47 Å². The van der Waals surface area contributed by atoms with Crippen molar-refractivity contribution in [1.29, 1.82) is 0 Å². The van der Waals surface area contributed by atoms with Crippen molar-refractivity contribution in [3.05, 3.63) is 53.4 Å². The molecule has 1 aliphatic rings. The van der Waals surface area contributed by atoms with Gasteiger partial charge in [-0.25, -0.2) is 9.78 Å². The van der Waals surface area contributed by atoms with E-state index < -0.39 is 5.97 Å². The number of furan rings is 1. The molecule has 4 rings (SSSR count). The third-order valence-electron chi connectivity index (χ3n) is 4.10. The van der Waals surface area contributed by atoms with Crippen molar-refractivity contribution in [2.75, 3.05) is 0 Å². The molecule has 2 aromatic heterocycles. The Morgan fingerprint density at radius 1 is 1.36 bits per heavy atom. The van der Waals surface area contributed by atoms with E-state index in [0.29, 0.717) is 35.0 Å². The largest absolute Gasteiger partial charge is 0.489 e. The predicted octanol–water partition coefficient (Wildman–Crippen LogP) is 3.95. The maximum absolute atomic E-state index is 11.4. The van der Waals surface area contributed by atoms with Crippen LogP contribution in [0.5, 0.6) is 11.6 Å². The van der Waals surface area contributed by atoms with Gasteiger partial charge in [0.05, 0.1) is 5.56 Å². The molecule has 1 aromatic carbocycles. The number of rotatable bonds is 6. The highest BCUT2D eigenvalue weighted by atomic mass is 16.5. The highest BCUT2D eigenvalue weighted by Crippen LogP contribution is 2.31. The fourth-order valence-corrected chi connectivity index (χ4v) is 2.70. The lowest BCUT2D eigenvalue weighted by Crippen LogP contribution is -2.04. The number of hydrogen-bond acceptors (Lipinski definition) is 5. The van der Waals surface area contributed by atoms with E-state index in [2.05, 4.69) is 4.98 Å². The average molecular weight is 339 g/mol. The molecule has 6 nitrogen and oxygen atoms in total. The fourth-order valence-electron chi connectivity index (χ4n) is 2.70. The Morgan fingerprint density at radius 3 is 2.96 bits per heavy atom. The molecule has 0 spiro atoms. The molecule has 1 aliphatic carbocycles. The number of carboxylic acids is 1. The number of nitrogens with zero attached hydrogens (tertiary/aromatic N) is 1. The number of aromatic carboxylic acids is 1. The number of ether oxygens (including phenoxy) is 2. The molecule has 0 atom stereocenters. The predicted molar refractivity (Wildman–Crippen MR) is 90.1 cm³/mol. The van der Waals surface area contributed by atoms with E-state index in [9.17, 15) is 9.90 Å². The monoisotopic (exact) mass is 339 g/mol. The number of aryl methyl sites for hydroxylation is 1. The van der Waals surface area contributed by atoms with Crippen molar-refractivity contribution in [2.24, 2.45) is 0 Å². The molecular weight excluding hydrogens is 322 g/mol. The Morgan fingerprint density at radius 2 is 2.20 bits per heavy atom. The van der Waals surface area contributed by atoms with Crippen LogP contribution in [0.25, 0.3) is 11.0 Å². The van der Waals surface area contributed by atoms with E-state index in [1.54, 1.807) is 31.3 Å². The summed E-state index contributed by atoms with van der Waals surface area (Å²) in [5, 5.41) is 9.88. The SMILES string of the molecule is Cc1oc2ccc(OCc3cccnc3OC3CC3)cc2c1C(=O)O. The zero-order valence-corrected chi connectivity index (χ0v) is 13.7. The van der Waals surface area contributed by atoms with Gasteiger partial charge in [-0.05, 0) is 50.1 Å². The highest BCUT2D eigenvalue weighted by molar-refractivity contribution is 6.03. The minimum atomic E-state index is -1.01. The summed E-state index contributed by atoms with van der Waals surface area (Å²) in [6, 6.07) is 8.91. The maximum atomic E-state index is 11.4. The lowest BCUT2D eigenvalue weighted by Gasteiger charge is -2.11. The molecule has 6 heteroatoms. The molecule has 0 radical (unpaired) electrons. The van der Waals surface area contributed by atoms with Gasteiger partial charge < -0.3 is 19.0 Å². The molecule has 0 saturated heterocycles. The molecule has 3 aromatic rings. The van der Waals surface area contributed by atoms with E-state index in [4.69, 9.17) is 13.9 Å². The second-order valence-corrected chi connectivity index (χ2v) is 6.07. The van der Waals surface area contributed by atoms with E-state index >= 15 is 0 Å². The normalized spacial score (nSPS) is 13.8. The van der Waals surface area contributed by atoms with Crippen molar-refractivity contribution >= 4 is 16.9 Å². The molecule has 1 saturated carbocycles. The van der Waals surface area contributed by atoms with Gasteiger partial charge in [0.15, 0.2) is 0 Å². The van der Waals surface area contributed by atoms with Crippen molar-refractivity contribution in [2.45, 2.75) is 32.5 Å². The molecule has 25 heavy (non-hydrogen) atoms. The van der Waals surface area contributed by atoms with Gasteiger partial charge in [0, 0.05) is 11.6 Å². The fraction of sp³-hybridized carbons (Fsp3) is 0.263. The summed E-state index contributed by atoms with van der Waals surface area (Å²) in [7, 11) is 0. The van der Waals surface area contributed by atoms with E-state index in [-0.39, 0.29) is 11.7 Å². The van der Waals surface area contributed by atoms with Crippen LogP contribution in [0.15, 0.2) is 40.9 Å². The molecule has 0 aliphatic heterocycles. The minimum absolute atomic E-state index is 0.166. The van der Waals surface area contributed by atoms with Gasteiger partial charge in [-0.3, -0.25) is 0 Å². The lowest BCUT2D eigenvalue weighted by molar-refractivity contribution is 0.0697. The molecule has 0 unspecified atom stereocenters. The Kier molecular flexibility index (Phi) is 3.80. The van der Waals surface area contributed by atoms with Crippen molar-refractivity contribution in [3.63, 3.8) is 0 Å². The van der Waals surface area contributed by atoms with Crippen LogP contribution in [0.3, 0.4) is 0 Å². The molecular formula is C19H17NO5. The van der Waals surface area contributed by atoms with Crippen LogP contribution in [-0.4, -0.2) is 22.2 Å². The van der Waals surface area contributed by atoms with Gasteiger partial charge in [0.1, 0.15) is 35.4 Å². The second kappa shape index (κ2) is 6.12. The highest BCUT2D eigenvalue weighted by Gasteiger charge is 2.25. The standard InChI is InChI=1S/C19H17NO5/c1-11-17(19(21)22)15-9-14(6-7-16(15)24-11)23-10-12-3-2-8-20-18(12)25-13-4-5-13/h2-3,6-9,13H,4-5,10H2,1H3,(H,21,22). The van der Waals surface area contributed by atoms with Gasteiger partial charge >= 0.3 is 5.97 Å². The van der Waals surface area contributed by atoms with Crippen LogP contribution in [0.2, 0.25) is 0 Å². The van der Waals surface area contributed by atoms with Gasteiger partial charge in [-0.1, -0.05) is 0 Å². The van der Waals surface area contributed by atoms with Crippen LogP contribution in [0.1, 0.15) is 34.5 Å². The number of benzene rings is 1. The summed E-state index contributed by atoms with van der Waals surface area (Å²) in [6.45, 7) is 1.93. The van der Waals surface area contributed by atoms with Gasteiger partial charge in [0.2, 0.25) is 5.88 Å². The Balaban J connectivity index is 1.57. The number of carboxylic acid groups (broad SMARTS) is 1. The summed E-state index contributed by atoms with van der Waals surface area (Å²) in [5.74, 6) is 0.529. The molecule has 0 bridgehead atoms. The van der Waals surface area contributed by atoms with Gasteiger partial charge in [-0.2, -0.15) is 0 Å². The third-order valence-corrected chi connectivity index (χ3v) is 4.10. The van der Waals surface area contributed by atoms with E-state index in [1.165, 1.54) is 0 Å². The Hall–Kier alpha value is -3.02. The van der Waals surface area contributed by atoms with Crippen LogP contribution >= 0.6 is 0 Å². The molecule has 1 N–H and O–H groups in total. The van der Waals surface area contributed by atoms with Crippen LogP contribution in [0.4, 0.5) is 0 Å². The van der Waals surface area contributed by atoms with Crippen molar-refractivity contribution in [3.8, 4) is 11.6 Å². The summed E-state index contributed by atoms with van der Waals surface area (Å²) in [5.41, 5.74) is 1.55. The number of fused-ring (bicyclic) bond motifs is 1. The van der Waals surface area contributed by atoms with Crippen molar-refractivity contribution < 1.29 is 23.8 Å². The lowest BCUT2D eigenvalue weighted by atomic mass is 10.1. The third kappa shape index (κ3) is 3.15. The molecule has 2 heterocycles. The summed E-state index contributed by atoms with van der Waals surface area (Å²) in [6.07, 6.45) is 4.08. The van der Waals surface area contributed by atoms with Crippen molar-refractivity contribution in [1.82, 2.24) is 4.98 Å². The zero-order chi connectivity index (χ0) is 17.4. The first-order chi connectivity index (χ1) is 12.1. The average Bonchev–Trinajstić information content (AvgIpc) is 3.33. The Labute approximate surface area is 144 Å². The number of pyridine rings is 1. The molecule has 1 fully saturated rings.